The third-order valence-corrected chi connectivity index (χ3v) is 2.13. The molecule has 11 heavy (non-hydrogen) atoms. The van der Waals surface area contributed by atoms with Gasteiger partial charge < -0.3 is 0 Å². The van der Waals surface area contributed by atoms with Crippen LogP contribution in [0.4, 0.5) is 8.78 Å². The van der Waals surface area contributed by atoms with Gasteiger partial charge in [0.1, 0.15) is 5.78 Å². The van der Waals surface area contributed by atoms with Gasteiger partial charge in [0.05, 0.1) is 12.1 Å². The monoisotopic (exact) mass is 163 g/mol. The van der Waals surface area contributed by atoms with E-state index in [1.54, 1.807) is 0 Å². The third kappa shape index (κ3) is 1.56. The lowest BCUT2D eigenvalue weighted by Crippen LogP contribution is -2.42. The second-order valence-electron chi connectivity index (χ2n) is 3.27. The number of alkyl halides is 2. The molecule has 0 bridgehead atoms. The van der Waals surface area contributed by atoms with Crippen LogP contribution < -0.4 is 5.32 Å². The van der Waals surface area contributed by atoms with E-state index < -0.39 is 11.5 Å². The minimum Gasteiger partial charge on any atom is -0.299 e. The van der Waals surface area contributed by atoms with Crippen LogP contribution in [0, 0.1) is 0 Å². The van der Waals surface area contributed by atoms with Gasteiger partial charge in [0.2, 0.25) is 0 Å². The maximum atomic E-state index is 12.6. The van der Waals surface area contributed by atoms with Crippen molar-refractivity contribution < 1.29 is 13.6 Å². The highest BCUT2D eigenvalue weighted by molar-refractivity contribution is 5.86. The summed E-state index contributed by atoms with van der Waals surface area (Å²) in [5.74, 6) is -2.95. The summed E-state index contributed by atoms with van der Waals surface area (Å²) in [7, 11) is 0. The first-order valence-corrected chi connectivity index (χ1v) is 3.50. The van der Waals surface area contributed by atoms with Gasteiger partial charge in [0.25, 0.3) is 5.92 Å². The lowest BCUT2D eigenvalue weighted by molar-refractivity contribution is -0.123. The van der Waals surface area contributed by atoms with Crippen molar-refractivity contribution in [2.24, 2.45) is 0 Å². The zero-order valence-corrected chi connectivity index (χ0v) is 6.58. The molecule has 0 aromatic heterocycles. The number of hydrogen-bond donors (Lipinski definition) is 1. The summed E-state index contributed by atoms with van der Waals surface area (Å²) < 4.78 is 25.2. The molecule has 0 saturated carbocycles. The van der Waals surface area contributed by atoms with E-state index in [2.05, 4.69) is 5.32 Å². The number of Topliss-reactive ketones (excluding diaryl/α,β-unsaturated/α-hetero) is 1. The predicted octanol–water partition coefficient (Wildman–Crippen LogP) is 0.963. The van der Waals surface area contributed by atoms with Crippen molar-refractivity contribution >= 4 is 5.78 Å². The molecular weight excluding hydrogens is 152 g/mol. The van der Waals surface area contributed by atoms with Crippen molar-refractivity contribution in [3.05, 3.63) is 0 Å². The van der Waals surface area contributed by atoms with E-state index in [-0.39, 0.29) is 18.7 Å². The number of nitrogens with one attached hydrogen (secondary N) is 1. The Balaban J connectivity index is 2.73. The molecule has 0 radical (unpaired) electrons. The van der Waals surface area contributed by atoms with Crippen molar-refractivity contribution in [1.82, 2.24) is 5.32 Å². The number of rotatable bonds is 1. The zero-order valence-electron chi connectivity index (χ0n) is 6.58. The molecule has 1 heterocycles. The van der Waals surface area contributed by atoms with Gasteiger partial charge in [-0.15, -0.1) is 0 Å². The van der Waals surface area contributed by atoms with Gasteiger partial charge in [0.15, 0.2) is 0 Å². The minimum absolute atomic E-state index is 0.227. The average molecular weight is 163 g/mol. The van der Waals surface area contributed by atoms with Crippen LogP contribution in [0.25, 0.3) is 0 Å². The van der Waals surface area contributed by atoms with Crippen molar-refractivity contribution in [3.8, 4) is 0 Å². The Morgan fingerprint density at radius 3 is 2.27 bits per heavy atom. The van der Waals surface area contributed by atoms with Gasteiger partial charge in [-0.3, -0.25) is 10.1 Å². The van der Waals surface area contributed by atoms with E-state index >= 15 is 0 Å². The topological polar surface area (TPSA) is 29.1 Å². The Kier molecular flexibility index (Phi) is 1.75. The highest BCUT2D eigenvalue weighted by Gasteiger charge is 2.48. The fraction of sp³-hybridized carbons (Fsp3) is 0.857. The smallest absolute Gasteiger partial charge is 0.262 e. The van der Waals surface area contributed by atoms with Crippen LogP contribution in [0.2, 0.25) is 0 Å². The summed E-state index contributed by atoms with van der Waals surface area (Å²) in [6, 6.07) is 0. The van der Waals surface area contributed by atoms with Crippen LogP contribution in [-0.2, 0) is 4.79 Å². The van der Waals surface area contributed by atoms with Gasteiger partial charge in [0, 0.05) is 6.42 Å². The van der Waals surface area contributed by atoms with Gasteiger partial charge in [-0.05, 0) is 13.8 Å². The quantitative estimate of drug-likeness (QED) is 0.623. The molecular formula is C7H11F2NO. The summed E-state index contributed by atoms with van der Waals surface area (Å²) in [6.07, 6.45) is -0.380. The highest BCUT2D eigenvalue weighted by atomic mass is 19.3. The van der Waals surface area contributed by atoms with Crippen LogP contribution in [0.5, 0.6) is 0 Å². The lowest BCUT2D eigenvalue weighted by Gasteiger charge is -2.19. The molecule has 1 unspecified atom stereocenters. The molecule has 0 spiro atoms. The van der Waals surface area contributed by atoms with E-state index in [0.717, 1.165) is 0 Å². The zero-order chi connectivity index (χ0) is 8.70. The maximum absolute atomic E-state index is 12.6. The number of carbonyl (C=O) groups excluding carboxylic acids is 1. The van der Waals surface area contributed by atoms with Gasteiger partial charge in [-0.1, -0.05) is 0 Å². The maximum Gasteiger partial charge on any atom is 0.262 e. The van der Waals surface area contributed by atoms with Crippen molar-refractivity contribution in [3.63, 3.8) is 0 Å². The number of carbonyl (C=O) groups is 1. The van der Waals surface area contributed by atoms with Gasteiger partial charge in [-0.2, -0.15) is 0 Å². The summed E-state index contributed by atoms with van der Waals surface area (Å²) in [5.41, 5.74) is -1.01. The molecule has 1 aliphatic heterocycles. The second kappa shape index (κ2) is 2.24. The number of ketones is 1. The van der Waals surface area contributed by atoms with E-state index in [1.165, 1.54) is 13.8 Å². The fourth-order valence-electron chi connectivity index (χ4n) is 1.22. The first-order chi connectivity index (χ1) is 4.86. The van der Waals surface area contributed by atoms with E-state index in [1.807, 2.05) is 0 Å². The number of hydrogen-bond acceptors (Lipinski definition) is 2. The largest absolute Gasteiger partial charge is 0.299 e. The van der Waals surface area contributed by atoms with Crippen LogP contribution in [0.15, 0.2) is 0 Å². The lowest BCUT2D eigenvalue weighted by atomic mass is 9.95. The Morgan fingerprint density at radius 1 is 1.55 bits per heavy atom. The first-order valence-electron chi connectivity index (χ1n) is 3.50. The molecule has 0 aromatic rings. The van der Waals surface area contributed by atoms with Crippen molar-refractivity contribution in [2.45, 2.75) is 31.7 Å². The minimum atomic E-state index is -2.72. The summed E-state index contributed by atoms with van der Waals surface area (Å²) in [6.45, 7) is 2.45. The molecule has 0 amide bonds. The van der Waals surface area contributed by atoms with Gasteiger partial charge >= 0.3 is 0 Å². The Labute approximate surface area is 64.0 Å². The van der Waals surface area contributed by atoms with Crippen LogP contribution in [0.1, 0.15) is 20.3 Å². The molecule has 0 aromatic carbocycles. The summed E-state index contributed by atoms with van der Waals surface area (Å²) in [5, 5.41) is 2.52. The average Bonchev–Trinajstić information content (AvgIpc) is 2.08. The summed E-state index contributed by atoms with van der Waals surface area (Å²) in [4.78, 5) is 10.9. The molecule has 1 rings (SSSR count). The van der Waals surface area contributed by atoms with E-state index in [4.69, 9.17) is 0 Å². The SMILES string of the molecule is CC(=O)C1(C)CC(F)(F)CN1. The molecule has 2 nitrogen and oxygen atoms in total. The standard InChI is InChI=1S/C7H11F2NO/c1-5(11)6(2)3-7(8,9)4-10-6/h10H,3-4H2,1-2H3. The molecule has 1 fully saturated rings. The van der Waals surface area contributed by atoms with E-state index in [0.29, 0.717) is 0 Å². The van der Waals surface area contributed by atoms with Gasteiger partial charge in [-0.25, -0.2) is 8.78 Å². The highest BCUT2D eigenvalue weighted by Crippen LogP contribution is 2.32. The predicted molar refractivity (Wildman–Crippen MR) is 36.7 cm³/mol. The van der Waals surface area contributed by atoms with E-state index in [9.17, 15) is 13.6 Å². The Hall–Kier alpha value is -0.510. The first kappa shape index (κ1) is 8.59. The Morgan fingerprint density at radius 2 is 2.09 bits per heavy atom. The van der Waals surface area contributed by atoms with Crippen LogP contribution in [0.3, 0.4) is 0 Å². The van der Waals surface area contributed by atoms with Crippen molar-refractivity contribution in [2.75, 3.05) is 6.54 Å². The molecule has 0 aliphatic carbocycles. The molecule has 1 saturated heterocycles. The summed E-state index contributed by atoms with van der Waals surface area (Å²) >= 11 is 0. The molecule has 4 heteroatoms. The van der Waals surface area contributed by atoms with Crippen molar-refractivity contribution in [1.29, 1.82) is 0 Å². The van der Waals surface area contributed by atoms with Crippen LogP contribution >= 0.6 is 0 Å². The second-order valence-corrected chi connectivity index (χ2v) is 3.27. The number of halogens is 2. The van der Waals surface area contributed by atoms with Crippen LogP contribution in [-0.4, -0.2) is 23.8 Å². The molecule has 1 atom stereocenters. The molecule has 1 aliphatic rings. The molecule has 64 valence electrons. The fourth-order valence-corrected chi connectivity index (χ4v) is 1.22. The third-order valence-electron chi connectivity index (χ3n) is 2.13. The normalized spacial score (nSPS) is 35.6. The Bertz CT molecular complexity index is 193. The molecule has 1 N–H and O–H groups in total.